The van der Waals surface area contributed by atoms with Crippen molar-refractivity contribution in [3.8, 4) is 5.75 Å². The molecule has 1 rings (SSSR count). The fourth-order valence-corrected chi connectivity index (χ4v) is 1.21. The molecule has 1 aromatic rings. The van der Waals surface area contributed by atoms with Gasteiger partial charge in [0.25, 0.3) is 0 Å². The number of carbonyl (C=O) groups is 1. The maximum Gasteiger partial charge on any atom is 0.243 e. The Bertz CT molecular complexity index is 439. The van der Waals surface area contributed by atoms with Crippen LogP contribution in [0.4, 0.5) is 5.69 Å². The van der Waals surface area contributed by atoms with E-state index in [9.17, 15) is 4.79 Å². The van der Waals surface area contributed by atoms with Gasteiger partial charge in [0.2, 0.25) is 5.91 Å². The molecule has 0 aliphatic heterocycles. The zero-order valence-electron chi connectivity index (χ0n) is 9.77. The lowest BCUT2D eigenvalue weighted by Crippen LogP contribution is -2.13. The molecule has 0 radical (unpaired) electrons. The van der Waals surface area contributed by atoms with Crippen LogP contribution in [0.25, 0.3) is 6.08 Å². The van der Waals surface area contributed by atoms with Gasteiger partial charge >= 0.3 is 0 Å². The van der Waals surface area contributed by atoms with Crippen molar-refractivity contribution in [2.75, 3.05) is 19.4 Å². The van der Waals surface area contributed by atoms with Gasteiger partial charge in [0, 0.05) is 13.1 Å². The normalized spacial score (nSPS) is 10.2. The highest BCUT2D eigenvalue weighted by Gasteiger charge is 2.00. The summed E-state index contributed by atoms with van der Waals surface area (Å²) in [6.07, 6.45) is 4.78. The molecule has 3 N–H and O–H groups in total. The molecule has 0 bridgehead atoms. The maximum atomic E-state index is 11.0. The van der Waals surface area contributed by atoms with Crippen molar-refractivity contribution in [3.05, 3.63) is 42.5 Å². The van der Waals surface area contributed by atoms with Crippen molar-refractivity contribution >= 4 is 17.7 Å². The molecule has 0 aliphatic rings. The van der Waals surface area contributed by atoms with Crippen LogP contribution in [0.1, 0.15) is 5.56 Å². The SMILES string of the molecule is C=CCOc1ccc(/C=C\C(=O)NC)cc1N. The number of ether oxygens (including phenoxy) is 1. The van der Waals surface area contributed by atoms with Gasteiger partial charge in [-0.1, -0.05) is 18.7 Å². The molecule has 4 nitrogen and oxygen atoms in total. The number of hydrogen-bond acceptors (Lipinski definition) is 3. The Labute approximate surface area is 101 Å². The third kappa shape index (κ3) is 4.03. The van der Waals surface area contributed by atoms with E-state index in [1.807, 2.05) is 6.07 Å². The van der Waals surface area contributed by atoms with E-state index in [0.29, 0.717) is 18.0 Å². The maximum absolute atomic E-state index is 11.0. The number of rotatable bonds is 5. The van der Waals surface area contributed by atoms with Crippen molar-refractivity contribution in [2.24, 2.45) is 0 Å². The number of likely N-dealkylation sites (N-methyl/N-ethyl adjacent to an activating group) is 1. The number of nitrogen functional groups attached to an aromatic ring is 1. The molecule has 0 heterocycles. The minimum absolute atomic E-state index is 0.157. The van der Waals surface area contributed by atoms with E-state index in [0.717, 1.165) is 5.56 Å². The first-order chi connectivity index (χ1) is 8.17. The van der Waals surface area contributed by atoms with Crippen molar-refractivity contribution in [2.45, 2.75) is 0 Å². The molecule has 1 aromatic carbocycles. The number of nitrogens with one attached hydrogen (secondary N) is 1. The first kappa shape index (κ1) is 12.8. The van der Waals surface area contributed by atoms with E-state index >= 15 is 0 Å². The quantitative estimate of drug-likeness (QED) is 0.460. The second-order valence-corrected chi connectivity index (χ2v) is 3.34. The van der Waals surface area contributed by atoms with Crippen LogP contribution < -0.4 is 15.8 Å². The summed E-state index contributed by atoms with van der Waals surface area (Å²) in [5.41, 5.74) is 7.19. The Hall–Kier alpha value is -2.23. The Morgan fingerprint density at radius 3 is 2.94 bits per heavy atom. The number of hydrogen-bond donors (Lipinski definition) is 2. The van der Waals surface area contributed by atoms with Crippen molar-refractivity contribution in [3.63, 3.8) is 0 Å². The van der Waals surface area contributed by atoms with E-state index in [4.69, 9.17) is 10.5 Å². The Morgan fingerprint density at radius 2 is 2.35 bits per heavy atom. The summed E-state index contributed by atoms with van der Waals surface area (Å²) in [7, 11) is 1.58. The van der Waals surface area contributed by atoms with Crippen molar-refractivity contribution in [1.29, 1.82) is 0 Å². The monoisotopic (exact) mass is 232 g/mol. The summed E-state index contributed by atoms with van der Waals surface area (Å²) >= 11 is 0. The highest BCUT2D eigenvalue weighted by Crippen LogP contribution is 2.23. The van der Waals surface area contributed by atoms with Crippen LogP contribution in [-0.4, -0.2) is 19.6 Å². The molecule has 0 fully saturated rings. The van der Waals surface area contributed by atoms with E-state index in [-0.39, 0.29) is 5.91 Å². The van der Waals surface area contributed by atoms with Gasteiger partial charge in [-0.15, -0.1) is 0 Å². The van der Waals surface area contributed by atoms with E-state index in [1.54, 1.807) is 31.3 Å². The summed E-state index contributed by atoms with van der Waals surface area (Å²) in [4.78, 5) is 11.0. The third-order valence-corrected chi connectivity index (χ3v) is 2.06. The predicted molar refractivity (Wildman–Crippen MR) is 69.6 cm³/mol. The molecule has 0 saturated heterocycles. The van der Waals surface area contributed by atoms with Crippen LogP contribution in [0.3, 0.4) is 0 Å². The van der Waals surface area contributed by atoms with E-state index in [1.165, 1.54) is 6.08 Å². The Balaban J connectivity index is 2.77. The number of nitrogens with two attached hydrogens (primary N) is 1. The second-order valence-electron chi connectivity index (χ2n) is 3.34. The van der Waals surface area contributed by atoms with Crippen LogP contribution in [-0.2, 0) is 4.79 Å². The smallest absolute Gasteiger partial charge is 0.243 e. The fraction of sp³-hybridized carbons (Fsp3) is 0.154. The van der Waals surface area contributed by atoms with Gasteiger partial charge in [-0.05, 0) is 23.8 Å². The van der Waals surface area contributed by atoms with E-state index < -0.39 is 0 Å². The zero-order valence-corrected chi connectivity index (χ0v) is 9.77. The third-order valence-electron chi connectivity index (χ3n) is 2.06. The van der Waals surface area contributed by atoms with Gasteiger partial charge in [-0.3, -0.25) is 4.79 Å². The zero-order chi connectivity index (χ0) is 12.7. The van der Waals surface area contributed by atoms with Crippen LogP contribution in [0, 0.1) is 0 Å². The molecule has 0 unspecified atom stereocenters. The Morgan fingerprint density at radius 1 is 1.59 bits per heavy atom. The molecule has 4 heteroatoms. The van der Waals surface area contributed by atoms with Crippen molar-refractivity contribution < 1.29 is 9.53 Å². The summed E-state index contributed by atoms with van der Waals surface area (Å²) < 4.78 is 5.34. The van der Waals surface area contributed by atoms with Gasteiger partial charge in [0.1, 0.15) is 12.4 Å². The molecule has 0 spiro atoms. The lowest BCUT2D eigenvalue weighted by atomic mass is 10.1. The molecule has 0 aromatic heterocycles. The molecule has 0 atom stereocenters. The summed E-state index contributed by atoms with van der Waals surface area (Å²) in [6, 6.07) is 5.34. The topological polar surface area (TPSA) is 64.3 Å². The molecule has 17 heavy (non-hydrogen) atoms. The lowest BCUT2D eigenvalue weighted by molar-refractivity contribution is -0.115. The molecule has 1 amide bonds. The van der Waals surface area contributed by atoms with Crippen LogP contribution in [0.2, 0.25) is 0 Å². The van der Waals surface area contributed by atoms with Crippen LogP contribution in [0.5, 0.6) is 5.75 Å². The second kappa shape index (κ2) is 6.37. The van der Waals surface area contributed by atoms with Gasteiger partial charge < -0.3 is 15.8 Å². The highest BCUT2D eigenvalue weighted by molar-refractivity contribution is 5.91. The largest absolute Gasteiger partial charge is 0.487 e. The van der Waals surface area contributed by atoms with E-state index in [2.05, 4.69) is 11.9 Å². The summed E-state index contributed by atoms with van der Waals surface area (Å²) in [6.45, 7) is 3.97. The van der Waals surface area contributed by atoms with Crippen LogP contribution >= 0.6 is 0 Å². The molecule has 0 saturated carbocycles. The molecular formula is C13H16N2O2. The molecular weight excluding hydrogens is 216 g/mol. The van der Waals surface area contributed by atoms with Gasteiger partial charge in [-0.2, -0.15) is 0 Å². The Kier molecular flexibility index (Phi) is 4.81. The minimum Gasteiger partial charge on any atom is -0.487 e. The number of amides is 1. The van der Waals surface area contributed by atoms with Crippen LogP contribution in [0.15, 0.2) is 36.9 Å². The van der Waals surface area contributed by atoms with Gasteiger partial charge in [-0.25, -0.2) is 0 Å². The first-order valence-corrected chi connectivity index (χ1v) is 5.20. The van der Waals surface area contributed by atoms with Gasteiger partial charge in [0.05, 0.1) is 5.69 Å². The van der Waals surface area contributed by atoms with Gasteiger partial charge in [0.15, 0.2) is 0 Å². The number of anilines is 1. The average Bonchev–Trinajstić information content (AvgIpc) is 2.34. The fourth-order valence-electron chi connectivity index (χ4n) is 1.21. The first-order valence-electron chi connectivity index (χ1n) is 5.20. The highest BCUT2D eigenvalue weighted by atomic mass is 16.5. The number of benzene rings is 1. The van der Waals surface area contributed by atoms with Crippen molar-refractivity contribution in [1.82, 2.24) is 5.32 Å². The molecule has 90 valence electrons. The molecule has 0 aliphatic carbocycles. The lowest BCUT2D eigenvalue weighted by Gasteiger charge is -2.07. The standard InChI is InChI=1S/C13H16N2O2/c1-3-8-17-12-6-4-10(9-11(12)14)5-7-13(16)15-2/h3-7,9H,1,8,14H2,2H3,(H,15,16)/b7-5-. The average molecular weight is 232 g/mol. The summed E-state index contributed by atoms with van der Waals surface area (Å²) in [5.74, 6) is 0.456. The summed E-state index contributed by atoms with van der Waals surface area (Å²) in [5, 5.41) is 2.50. The minimum atomic E-state index is -0.157. The predicted octanol–water partition coefficient (Wildman–Crippen LogP) is 1.59. The number of carbonyl (C=O) groups excluding carboxylic acids is 1.